The fourth-order valence-corrected chi connectivity index (χ4v) is 2.41. The third kappa shape index (κ3) is 3.34. The van der Waals surface area contributed by atoms with Gasteiger partial charge in [0.1, 0.15) is 6.42 Å². The first kappa shape index (κ1) is 13.6. The molecule has 0 spiro atoms. The third-order valence-electron chi connectivity index (χ3n) is 3.45. The molecule has 1 aliphatic heterocycles. The summed E-state index contributed by atoms with van der Waals surface area (Å²) in [6.07, 6.45) is 2.08. The van der Waals surface area contributed by atoms with Gasteiger partial charge in [-0.3, -0.25) is 9.59 Å². The second-order valence-corrected chi connectivity index (χ2v) is 4.74. The number of carbonyl (C=O) groups is 2. The van der Waals surface area contributed by atoms with Crippen LogP contribution in [0.5, 0.6) is 0 Å². The van der Waals surface area contributed by atoms with Crippen LogP contribution in [-0.2, 0) is 9.59 Å². The van der Waals surface area contributed by atoms with Crippen LogP contribution in [-0.4, -0.2) is 36.3 Å². The Balaban J connectivity index is 1.99. The zero-order chi connectivity index (χ0) is 13.7. The lowest BCUT2D eigenvalue weighted by molar-refractivity contribution is -0.134. The Morgan fingerprint density at radius 2 is 1.79 bits per heavy atom. The first-order chi connectivity index (χ1) is 9.22. The highest BCUT2D eigenvalue weighted by Gasteiger charge is 2.23. The summed E-state index contributed by atoms with van der Waals surface area (Å²) in [7, 11) is 0. The average molecular weight is 260 g/mol. The maximum absolute atomic E-state index is 12.2. The number of hydrogen-bond donors (Lipinski definition) is 0. The lowest BCUT2D eigenvalue weighted by atomic mass is 10.2. The van der Waals surface area contributed by atoms with E-state index in [-0.39, 0.29) is 18.2 Å². The summed E-state index contributed by atoms with van der Waals surface area (Å²) in [4.78, 5) is 27.7. The molecular formula is C15H20N2O2. The molecule has 1 saturated heterocycles. The normalized spacial score (nSPS) is 14.5. The van der Waals surface area contributed by atoms with E-state index in [1.807, 2.05) is 37.3 Å². The van der Waals surface area contributed by atoms with Crippen molar-refractivity contribution in [3.05, 3.63) is 30.3 Å². The van der Waals surface area contributed by atoms with Gasteiger partial charge in [-0.25, -0.2) is 0 Å². The molecule has 1 aromatic carbocycles. The van der Waals surface area contributed by atoms with E-state index in [9.17, 15) is 9.59 Å². The van der Waals surface area contributed by atoms with Gasteiger partial charge >= 0.3 is 0 Å². The molecule has 0 radical (unpaired) electrons. The van der Waals surface area contributed by atoms with Crippen LogP contribution < -0.4 is 4.90 Å². The van der Waals surface area contributed by atoms with Gasteiger partial charge in [0.05, 0.1) is 0 Å². The number of rotatable bonds is 4. The van der Waals surface area contributed by atoms with Crippen molar-refractivity contribution in [1.29, 1.82) is 0 Å². The van der Waals surface area contributed by atoms with E-state index < -0.39 is 0 Å². The monoisotopic (exact) mass is 260 g/mol. The Kier molecular flexibility index (Phi) is 4.55. The molecule has 1 aliphatic rings. The van der Waals surface area contributed by atoms with Crippen molar-refractivity contribution in [3.63, 3.8) is 0 Å². The summed E-state index contributed by atoms with van der Waals surface area (Å²) < 4.78 is 0. The Labute approximate surface area is 114 Å². The zero-order valence-electron chi connectivity index (χ0n) is 11.3. The maximum atomic E-state index is 12.2. The topological polar surface area (TPSA) is 40.6 Å². The minimum absolute atomic E-state index is 0.0251. The van der Waals surface area contributed by atoms with E-state index in [0.29, 0.717) is 6.54 Å². The van der Waals surface area contributed by atoms with E-state index in [2.05, 4.69) is 0 Å². The SMILES string of the molecule is CCN(C(=O)CC(=O)N1CCCC1)c1ccccc1. The van der Waals surface area contributed by atoms with Gasteiger partial charge in [-0.2, -0.15) is 0 Å². The van der Waals surface area contributed by atoms with Gasteiger partial charge in [-0.05, 0) is 31.9 Å². The van der Waals surface area contributed by atoms with Gasteiger partial charge in [0.2, 0.25) is 11.8 Å². The van der Waals surface area contributed by atoms with Crippen LogP contribution in [0, 0.1) is 0 Å². The molecule has 4 nitrogen and oxygen atoms in total. The summed E-state index contributed by atoms with van der Waals surface area (Å²) in [5.41, 5.74) is 0.851. The third-order valence-corrected chi connectivity index (χ3v) is 3.45. The van der Waals surface area contributed by atoms with Gasteiger partial charge < -0.3 is 9.80 Å². The van der Waals surface area contributed by atoms with Crippen LogP contribution in [0.1, 0.15) is 26.2 Å². The Hall–Kier alpha value is -1.84. The summed E-state index contributed by atoms with van der Waals surface area (Å²) in [6.45, 7) is 4.09. The second-order valence-electron chi connectivity index (χ2n) is 4.74. The minimum Gasteiger partial charge on any atom is -0.342 e. The molecule has 4 heteroatoms. The fourth-order valence-electron chi connectivity index (χ4n) is 2.41. The second kappa shape index (κ2) is 6.36. The van der Waals surface area contributed by atoms with Crippen molar-refractivity contribution in [2.24, 2.45) is 0 Å². The summed E-state index contributed by atoms with van der Waals surface area (Å²) in [6, 6.07) is 9.49. The van der Waals surface area contributed by atoms with Crippen LogP contribution in [0.2, 0.25) is 0 Å². The first-order valence-corrected chi connectivity index (χ1v) is 6.85. The lowest BCUT2D eigenvalue weighted by Crippen LogP contribution is -2.36. The molecule has 2 rings (SSSR count). The van der Waals surface area contributed by atoms with Crippen LogP contribution in [0.3, 0.4) is 0 Å². The lowest BCUT2D eigenvalue weighted by Gasteiger charge is -2.22. The smallest absolute Gasteiger partial charge is 0.236 e. The van der Waals surface area contributed by atoms with Crippen molar-refractivity contribution >= 4 is 17.5 Å². The number of nitrogens with zero attached hydrogens (tertiary/aromatic N) is 2. The highest BCUT2D eigenvalue weighted by molar-refractivity contribution is 6.04. The van der Waals surface area contributed by atoms with Crippen molar-refractivity contribution in [1.82, 2.24) is 4.90 Å². The van der Waals surface area contributed by atoms with Gasteiger partial charge in [0, 0.05) is 25.3 Å². The maximum Gasteiger partial charge on any atom is 0.236 e. The van der Waals surface area contributed by atoms with Gasteiger partial charge in [-0.15, -0.1) is 0 Å². The molecular weight excluding hydrogens is 240 g/mol. The number of amides is 2. The Morgan fingerprint density at radius 3 is 2.37 bits per heavy atom. The van der Waals surface area contributed by atoms with Crippen LogP contribution in [0.25, 0.3) is 0 Å². The predicted molar refractivity (Wildman–Crippen MR) is 74.9 cm³/mol. The highest BCUT2D eigenvalue weighted by Crippen LogP contribution is 2.15. The number of para-hydroxylation sites is 1. The molecule has 0 aliphatic carbocycles. The number of likely N-dealkylation sites (tertiary alicyclic amines) is 1. The fraction of sp³-hybridized carbons (Fsp3) is 0.467. The number of anilines is 1. The van der Waals surface area contributed by atoms with Crippen molar-refractivity contribution < 1.29 is 9.59 Å². The zero-order valence-corrected chi connectivity index (χ0v) is 11.3. The summed E-state index contributed by atoms with van der Waals surface area (Å²) in [5, 5.41) is 0. The van der Waals surface area contributed by atoms with Gasteiger partial charge in [0.25, 0.3) is 0 Å². The first-order valence-electron chi connectivity index (χ1n) is 6.85. The molecule has 0 bridgehead atoms. The standard InChI is InChI=1S/C15H20N2O2/c1-2-17(13-8-4-3-5-9-13)15(19)12-14(18)16-10-6-7-11-16/h3-5,8-9H,2,6-7,10-12H2,1H3. The number of benzene rings is 1. The molecule has 2 amide bonds. The van der Waals surface area contributed by atoms with Crippen molar-refractivity contribution in [2.45, 2.75) is 26.2 Å². The van der Waals surface area contributed by atoms with Crippen molar-refractivity contribution in [2.75, 3.05) is 24.5 Å². The van der Waals surface area contributed by atoms with E-state index in [1.165, 1.54) is 0 Å². The Morgan fingerprint density at radius 1 is 1.16 bits per heavy atom. The molecule has 0 saturated carbocycles. The molecule has 102 valence electrons. The largest absolute Gasteiger partial charge is 0.342 e. The summed E-state index contributed by atoms with van der Waals surface area (Å²) in [5.74, 6) is -0.164. The predicted octanol–water partition coefficient (Wildman–Crippen LogP) is 2.05. The molecule has 19 heavy (non-hydrogen) atoms. The quantitative estimate of drug-likeness (QED) is 0.777. The minimum atomic E-state index is -0.120. The average Bonchev–Trinajstić information content (AvgIpc) is 2.94. The van der Waals surface area contributed by atoms with Crippen LogP contribution >= 0.6 is 0 Å². The molecule has 1 heterocycles. The molecule has 0 N–H and O–H groups in total. The van der Waals surface area contributed by atoms with E-state index in [0.717, 1.165) is 31.6 Å². The molecule has 1 aromatic rings. The highest BCUT2D eigenvalue weighted by atomic mass is 16.2. The van der Waals surface area contributed by atoms with E-state index in [4.69, 9.17) is 0 Å². The van der Waals surface area contributed by atoms with Gasteiger partial charge in [0.15, 0.2) is 0 Å². The summed E-state index contributed by atoms with van der Waals surface area (Å²) >= 11 is 0. The van der Waals surface area contributed by atoms with E-state index in [1.54, 1.807) is 9.80 Å². The van der Waals surface area contributed by atoms with Crippen molar-refractivity contribution in [3.8, 4) is 0 Å². The molecule has 0 unspecified atom stereocenters. The molecule has 0 aromatic heterocycles. The Bertz CT molecular complexity index is 439. The molecule has 1 fully saturated rings. The van der Waals surface area contributed by atoms with Crippen LogP contribution in [0.15, 0.2) is 30.3 Å². The van der Waals surface area contributed by atoms with E-state index >= 15 is 0 Å². The number of hydrogen-bond acceptors (Lipinski definition) is 2. The number of carbonyl (C=O) groups excluding carboxylic acids is 2. The van der Waals surface area contributed by atoms with Gasteiger partial charge in [-0.1, -0.05) is 18.2 Å². The van der Waals surface area contributed by atoms with Crippen LogP contribution in [0.4, 0.5) is 5.69 Å². The molecule has 0 atom stereocenters.